The molecule has 0 saturated carbocycles. The molecule has 2 heteroatoms. The Morgan fingerprint density at radius 1 is 0.356 bits per heavy atom. The standard InChI is InChI=1S/C43H80O2/c1-4-6-8-10-12-14-16-18-20-22-24-26-28-30-32-34-38-44-42-37-36-41(3)43(40-42)45-39-35-33-31-29-27-25-23-21-19-17-15-13-11-9-7-5-2/h36-37,40H,4-35,38-39H2,1-3H3. The second-order valence-corrected chi connectivity index (χ2v) is 14.2. The molecule has 0 saturated heterocycles. The van der Waals surface area contributed by atoms with E-state index in [1.165, 1.54) is 198 Å². The lowest BCUT2D eigenvalue weighted by atomic mass is 10.0. The highest BCUT2D eigenvalue weighted by Gasteiger charge is 2.04. The molecule has 0 aromatic heterocycles. The van der Waals surface area contributed by atoms with E-state index in [1.807, 2.05) is 0 Å². The van der Waals surface area contributed by atoms with Crippen LogP contribution in [0.2, 0.25) is 0 Å². The van der Waals surface area contributed by atoms with Gasteiger partial charge in [0.15, 0.2) is 0 Å². The lowest BCUT2D eigenvalue weighted by Gasteiger charge is -2.12. The SMILES string of the molecule is CCCCCCCCCCCCCCCCCCOc1ccc(C)c(OCCCCCCCCCCCCCCCCCC)c1. The van der Waals surface area contributed by atoms with Gasteiger partial charge in [-0.3, -0.25) is 0 Å². The van der Waals surface area contributed by atoms with Crippen LogP contribution >= 0.6 is 0 Å². The average Bonchev–Trinajstić information content (AvgIpc) is 3.05. The van der Waals surface area contributed by atoms with Crippen LogP contribution in [-0.4, -0.2) is 13.2 Å². The van der Waals surface area contributed by atoms with Crippen LogP contribution in [0.5, 0.6) is 11.5 Å². The highest BCUT2D eigenvalue weighted by atomic mass is 16.5. The van der Waals surface area contributed by atoms with Crippen LogP contribution in [0.15, 0.2) is 18.2 Å². The number of hydrogen-bond donors (Lipinski definition) is 0. The molecule has 0 unspecified atom stereocenters. The summed E-state index contributed by atoms with van der Waals surface area (Å²) in [5.74, 6) is 1.96. The maximum atomic E-state index is 6.15. The first kappa shape index (κ1) is 41.8. The van der Waals surface area contributed by atoms with Gasteiger partial charge in [0, 0.05) is 6.07 Å². The predicted octanol–water partition coefficient (Wildman–Crippen LogP) is 15.3. The van der Waals surface area contributed by atoms with Crippen LogP contribution < -0.4 is 9.47 Å². The summed E-state index contributed by atoms with van der Waals surface area (Å²) in [5.41, 5.74) is 1.21. The molecule has 0 radical (unpaired) electrons. The van der Waals surface area contributed by atoms with Crippen molar-refractivity contribution in [3.63, 3.8) is 0 Å². The van der Waals surface area contributed by atoms with Crippen molar-refractivity contribution in [2.45, 2.75) is 226 Å². The lowest BCUT2D eigenvalue weighted by Crippen LogP contribution is -2.01. The normalized spacial score (nSPS) is 11.4. The topological polar surface area (TPSA) is 18.5 Å². The minimum Gasteiger partial charge on any atom is -0.493 e. The van der Waals surface area contributed by atoms with Gasteiger partial charge in [0.2, 0.25) is 0 Å². The van der Waals surface area contributed by atoms with E-state index in [2.05, 4.69) is 39.0 Å². The van der Waals surface area contributed by atoms with Gasteiger partial charge >= 0.3 is 0 Å². The Kier molecular flexibility index (Phi) is 31.8. The Balaban J connectivity index is 1.89. The number of rotatable bonds is 36. The van der Waals surface area contributed by atoms with Gasteiger partial charge < -0.3 is 9.47 Å². The first-order valence-electron chi connectivity index (χ1n) is 20.6. The van der Waals surface area contributed by atoms with Crippen LogP contribution in [0, 0.1) is 6.92 Å². The van der Waals surface area contributed by atoms with E-state index in [0.29, 0.717) is 0 Å². The van der Waals surface area contributed by atoms with Crippen molar-refractivity contribution in [2.24, 2.45) is 0 Å². The van der Waals surface area contributed by atoms with Crippen molar-refractivity contribution in [1.82, 2.24) is 0 Å². The van der Waals surface area contributed by atoms with Gasteiger partial charge in [0.05, 0.1) is 13.2 Å². The summed E-state index contributed by atoms with van der Waals surface area (Å²) in [6.07, 6.45) is 44.9. The van der Waals surface area contributed by atoms with Crippen molar-refractivity contribution < 1.29 is 9.47 Å². The summed E-state index contributed by atoms with van der Waals surface area (Å²) < 4.78 is 12.2. The summed E-state index contributed by atoms with van der Waals surface area (Å²) in [4.78, 5) is 0. The Morgan fingerprint density at radius 2 is 0.644 bits per heavy atom. The predicted molar refractivity (Wildman–Crippen MR) is 201 cm³/mol. The molecule has 1 aromatic carbocycles. The van der Waals surface area contributed by atoms with E-state index in [9.17, 15) is 0 Å². The summed E-state index contributed by atoms with van der Waals surface area (Å²) in [7, 11) is 0. The largest absolute Gasteiger partial charge is 0.493 e. The Labute approximate surface area is 283 Å². The van der Waals surface area contributed by atoms with Gasteiger partial charge in [-0.05, 0) is 31.4 Å². The Morgan fingerprint density at radius 3 is 0.978 bits per heavy atom. The zero-order valence-corrected chi connectivity index (χ0v) is 31.1. The van der Waals surface area contributed by atoms with Gasteiger partial charge in [0.25, 0.3) is 0 Å². The quantitative estimate of drug-likeness (QED) is 0.0688. The molecule has 0 N–H and O–H groups in total. The third kappa shape index (κ3) is 28.7. The van der Waals surface area contributed by atoms with Gasteiger partial charge in [-0.2, -0.15) is 0 Å². The van der Waals surface area contributed by atoms with Gasteiger partial charge in [-0.1, -0.05) is 213 Å². The van der Waals surface area contributed by atoms with E-state index >= 15 is 0 Å². The molecule has 0 fully saturated rings. The first-order chi connectivity index (χ1) is 22.3. The first-order valence-corrected chi connectivity index (χ1v) is 20.6. The molecule has 45 heavy (non-hydrogen) atoms. The van der Waals surface area contributed by atoms with Gasteiger partial charge in [0.1, 0.15) is 11.5 Å². The summed E-state index contributed by atoms with van der Waals surface area (Å²) >= 11 is 0. The van der Waals surface area contributed by atoms with E-state index < -0.39 is 0 Å². The van der Waals surface area contributed by atoms with Crippen molar-refractivity contribution in [3.05, 3.63) is 23.8 Å². The molecule has 264 valence electrons. The molecule has 1 rings (SSSR count). The fraction of sp³-hybridized carbons (Fsp3) is 0.860. The van der Waals surface area contributed by atoms with Crippen molar-refractivity contribution in [1.29, 1.82) is 0 Å². The molecule has 0 bridgehead atoms. The summed E-state index contributed by atoms with van der Waals surface area (Å²) in [5, 5.41) is 0. The molecule has 1 aromatic rings. The lowest BCUT2D eigenvalue weighted by molar-refractivity contribution is 0.288. The molecule has 0 heterocycles. The molecule has 0 aliphatic heterocycles. The monoisotopic (exact) mass is 629 g/mol. The van der Waals surface area contributed by atoms with Crippen LogP contribution in [-0.2, 0) is 0 Å². The fourth-order valence-corrected chi connectivity index (χ4v) is 6.50. The van der Waals surface area contributed by atoms with E-state index in [1.54, 1.807) is 0 Å². The van der Waals surface area contributed by atoms with Crippen molar-refractivity contribution >= 4 is 0 Å². The fourth-order valence-electron chi connectivity index (χ4n) is 6.50. The Bertz CT molecular complexity index is 714. The number of benzene rings is 1. The maximum Gasteiger partial charge on any atom is 0.125 e. The number of aryl methyl sites for hydroxylation is 1. The van der Waals surface area contributed by atoms with Crippen LogP contribution in [0.4, 0.5) is 0 Å². The maximum absolute atomic E-state index is 6.15. The Hall–Kier alpha value is -1.18. The molecule has 0 aliphatic carbocycles. The van der Waals surface area contributed by atoms with Crippen molar-refractivity contribution in [3.8, 4) is 11.5 Å². The molecule has 0 amide bonds. The minimum absolute atomic E-state index is 0.820. The second kappa shape index (κ2) is 34.2. The van der Waals surface area contributed by atoms with Crippen LogP contribution in [0.1, 0.15) is 225 Å². The number of unbranched alkanes of at least 4 members (excludes halogenated alkanes) is 30. The molecule has 0 aliphatic rings. The van der Waals surface area contributed by atoms with E-state index in [0.717, 1.165) is 37.6 Å². The molecular formula is C43H80O2. The van der Waals surface area contributed by atoms with E-state index in [4.69, 9.17) is 9.47 Å². The second-order valence-electron chi connectivity index (χ2n) is 14.2. The third-order valence-electron chi connectivity index (χ3n) is 9.68. The van der Waals surface area contributed by atoms with Crippen LogP contribution in [0.25, 0.3) is 0 Å². The highest BCUT2D eigenvalue weighted by Crippen LogP contribution is 2.25. The zero-order chi connectivity index (χ0) is 32.3. The number of ether oxygens (including phenoxy) is 2. The number of hydrogen-bond acceptors (Lipinski definition) is 2. The molecular weight excluding hydrogens is 548 g/mol. The zero-order valence-electron chi connectivity index (χ0n) is 31.1. The van der Waals surface area contributed by atoms with Crippen LogP contribution in [0.3, 0.4) is 0 Å². The van der Waals surface area contributed by atoms with E-state index in [-0.39, 0.29) is 0 Å². The van der Waals surface area contributed by atoms with Gasteiger partial charge in [-0.25, -0.2) is 0 Å². The van der Waals surface area contributed by atoms with Gasteiger partial charge in [-0.15, -0.1) is 0 Å². The smallest absolute Gasteiger partial charge is 0.125 e. The molecule has 0 spiro atoms. The highest BCUT2D eigenvalue weighted by molar-refractivity contribution is 5.39. The average molecular weight is 629 g/mol. The molecule has 2 nitrogen and oxygen atoms in total. The molecule has 0 atom stereocenters. The third-order valence-corrected chi connectivity index (χ3v) is 9.68. The minimum atomic E-state index is 0.820. The summed E-state index contributed by atoms with van der Waals surface area (Å²) in [6, 6.07) is 6.35. The van der Waals surface area contributed by atoms with Crippen molar-refractivity contribution in [2.75, 3.05) is 13.2 Å². The summed E-state index contributed by atoms with van der Waals surface area (Å²) in [6.45, 7) is 8.38.